The summed E-state index contributed by atoms with van der Waals surface area (Å²) in [5, 5.41) is 5.36. The van der Waals surface area contributed by atoms with E-state index < -0.39 is 11.5 Å². The molecule has 1 N–H and O–H groups in total. The molecule has 1 aliphatic heterocycles. The lowest BCUT2D eigenvalue weighted by atomic mass is 9.87. The first-order chi connectivity index (χ1) is 11.0. The van der Waals surface area contributed by atoms with Crippen LogP contribution in [0.4, 0.5) is 0 Å². The molecule has 120 valence electrons. The maximum Gasteiger partial charge on any atom is 0.329 e. The SMILES string of the molecule is CC1(C)COC(=O)[C@@H]1NC(=O)Cc1csc(-c2ccccn2)n1. The number of esters is 1. The molecule has 0 aromatic carbocycles. The van der Waals surface area contributed by atoms with E-state index in [1.54, 1.807) is 6.20 Å². The second-order valence-electron chi connectivity index (χ2n) is 6.13. The van der Waals surface area contributed by atoms with Gasteiger partial charge in [0.1, 0.15) is 11.0 Å². The summed E-state index contributed by atoms with van der Waals surface area (Å²) in [4.78, 5) is 32.6. The van der Waals surface area contributed by atoms with Gasteiger partial charge in [0.25, 0.3) is 0 Å². The van der Waals surface area contributed by atoms with Gasteiger partial charge in [-0.05, 0) is 12.1 Å². The van der Waals surface area contributed by atoms with E-state index >= 15 is 0 Å². The lowest BCUT2D eigenvalue weighted by Crippen LogP contribution is -2.46. The molecule has 0 bridgehead atoms. The Morgan fingerprint density at radius 1 is 1.48 bits per heavy atom. The van der Waals surface area contributed by atoms with E-state index in [2.05, 4.69) is 15.3 Å². The standard InChI is InChI=1S/C16H17N3O3S/c1-16(2)9-22-15(21)13(16)19-12(20)7-10-8-23-14(18-10)11-5-3-4-6-17-11/h3-6,8,13H,7,9H2,1-2H3,(H,19,20)/t13-/m0/s1. The molecule has 1 amide bonds. The molecule has 1 fully saturated rings. The molecule has 0 radical (unpaired) electrons. The molecular weight excluding hydrogens is 314 g/mol. The fourth-order valence-corrected chi connectivity index (χ4v) is 3.16. The molecule has 3 rings (SSSR count). The van der Waals surface area contributed by atoms with Gasteiger partial charge >= 0.3 is 5.97 Å². The number of thiazole rings is 1. The molecule has 1 saturated heterocycles. The van der Waals surface area contributed by atoms with Crippen LogP contribution >= 0.6 is 11.3 Å². The number of hydrogen-bond acceptors (Lipinski definition) is 6. The fourth-order valence-electron chi connectivity index (χ4n) is 2.37. The van der Waals surface area contributed by atoms with Crippen LogP contribution in [0.15, 0.2) is 29.8 Å². The van der Waals surface area contributed by atoms with E-state index in [0.29, 0.717) is 12.3 Å². The van der Waals surface area contributed by atoms with Crippen LogP contribution in [0.5, 0.6) is 0 Å². The summed E-state index contributed by atoms with van der Waals surface area (Å²) < 4.78 is 5.02. The van der Waals surface area contributed by atoms with Crippen molar-refractivity contribution in [1.82, 2.24) is 15.3 Å². The van der Waals surface area contributed by atoms with Gasteiger partial charge in [0.2, 0.25) is 5.91 Å². The average molecular weight is 331 g/mol. The number of carbonyl (C=O) groups excluding carboxylic acids is 2. The first-order valence-corrected chi connectivity index (χ1v) is 8.15. The Morgan fingerprint density at radius 2 is 2.30 bits per heavy atom. The van der Waals surface area contributed by atoms with Crippen LogP contribution < -0.4 is 5.32 Å². The Kier molecular flexibility index (Phi) is 4.12. The van der Waals surface area contributed by atoms with Gasteiger partial charge in [-0.3, -0.25) is 9.78 Å². The molecule has 6 nitrogen and oxygen atoms in total. The van der Waals surface area contributed by atoms with Crippen LogP contribution in [0.2, 0.25) is 0 Å². The summed E-state index contributed by atoms with van der Waals surface area (Å²) in [6.45, 7) is 4.10. The highest BCUT2D eigenvalue weighted by molar-refractivity contribution is 7.13. The number of nitrogens with zero attached hydrogens (tertiary/aromatic N) is 2. The Bertz CT molecular complexity index is 727. The maximum atomic E-state index is 12.2. The average Bonchev–Trinajstić information content (AvgIpc) is 3.08. The molecule has 7 heteroatoms. The molecule has 0 unspecified atom stereocenters. The number of ether oxygens (including phenoxy) is 1. The van der Waals surface area contributed by atoms with Crippen LogP contribution in [0.1, 0.15) is 19.5 Å². The number of hydrogen-bond donors (Lipinski definition) is 1. The van der Waals surface area contributed by atoms with Crippen molar-refractivity contribution < 1.29 is 14.3 Å². The molecular formula is C16H17N3O3S. The van der Waals surface area contributed by atoms with Gasteiger partial charge in [0.15, 0.2) is 0 Å². The molecule has 1 aliphatic rings. The molecule has 2 aromatic rings. The smallest absolute Gasteiger partial charge is 0.329 e. The van der Waals surface area contributed by atoms with Crippen molar-refractivity contribution >= 4 is 23.2 Å². The van der Waals surface area contributed by atoms with Crippen LogP contribution in [0.3, 0.4) is 0 Å². The van der Waals surface area contributed by atoms with Crippen LogP contribution in [0, 0.1) is 5.41 Å². The summed E-state index contributed by atoms with van der Waals surface area (Å²) in [5.74, 6) is -0.615. The van der Waals surface area contributed by atoms with Crippen molar-refractivity contribution in [2.75, 3.05) is 6.61 Å². The van der Waals surface area contributed by atoms with E-state index in [-0.39, 0.29) is 18.3 Å². The third-order valence-electron chi connectivity index (χ3n) is 3.69. The number of carbonyl (C=O) groups is 2. The second kappa shape index (κ2) is 6.08. The van der Waals surface area contributed by atoms with Gasteiger partial charge in [-0.2, -0.15) is 0 Å². The van der Waals surface area contributed by atoms with Gasteiger partial charge in [-0.25, -0.2) is 9.78 Å². The summed E-state index contributed by atoms with van der Waals surface area (Å²) >= 11 is 1.44. The highest BCUT2D eigenvalue weighted by Gasteiger charge is 2.44. The lowest BCUT2D eigenvalue weighted by molar-refractivity contribution is -0.141. The van der Waals surface area contributed by atoms with Crippen molar-refractivity contribution in [2.24, 2.45) is 5.41 Å². The largest absolute Gasteiger partial charge is 0.463 e. The second-order valence-corrected chi connectivity index (χ2v) is 6.99. The Balaban J connectivity index is 1.65. The molecule has 2 aromatic heterocycles. The third kappa shape index (κ3) is 3.39. The molecule has 23 heavy (non-hydrogen) atoms. The first kappa shape index (κ1) is 15.6. The predicted octanol–water partition coefficient (Wildman–Crippen LogP) is 1.82. The Morgan fingerprint density at radius 3 is 2.96 bits per heavy atom. The van der Waals surface area contributed by atoms with Crippen molar-refractivity contribution in [3.63, 3.8) is 0 Å². The summed E-state index contributed by atoms with van der Waals surface area (Å²) in [5.41, 5.74) is 1.05. The number of amides is 1. The topological polar surface area (TPSA) is 81.2 Å². The number of pyridine rings is 1. The molecule has 3 heterocycles. The summed E-state index contributed by atoms with van der Waals surface area (Å²) in [6, 6.07) is 5.00. The van der Waals surface area contributed by atoms with Crippen molar-refractivity contribution in [3.8, 4) is 10.7 Å². The minimum atomic E-state index is -0.608. The Labute approximate surface area is 137 Å². The van der Waals surface area contributed by atoms with Crippen molar-refractivity contribution in [3.05, 3.63) is 35.5 Å². The zero-order chi connectivity index (χ0) is 16.4. The van der Waals surface area contributed by atoms with E-state index in [4.69, 9.17) is 4.74 Å². The quantitative estimate of drug-likeness (QED) is 0.864. The van der Waals surface area contributed by atoms with Crippen LogP contribution in [-0.4, -0.2) is 34.5 Å². The first-order valence-electron chi connectivity index (χ1n) is 7.27. The summed E-state index contributed by atoms with van der Waals surface area (Å²) in [6.07, 6.45) is 1.83. The minimum absolute atomic E-state index is 0.128. The van der Waals surface area contributed by atoms with Crippen molar-refractivity contribution in [2.45, 2.75) is 26.3 Å². The Hall–Kier alpha value is -2.28. The predicted molar refractivity (Wildman–Crippen MR) is 85.7 cm³/mol. The number of aromatic nitrogens is 2. The number of rotatable bonds is 4. The van der Waals surface area contributed by atoms with Gasteiger partial charge in [-0.15, -0.1) is 11.3 Å². The zero-order valence-electron chi connectivity index (χ0n) is 12.9. The number of cyclic esters (lactones) is 1. The molecule has 1 atom stereocenters. The number of nitrogens with one attached hydrogen (secondary N) is 1. The molecule has 0 saturated carbocycles. The molecule has 0 aliphatic carbocycles. The van der Waals surface area contributed by atoms with Crippen molar-refractivity contribution in [1.29, 1.82) is 0 Å². The van der Waals surface area contributed by atoms with Gasteiger partial charge < -0.3 is 10.1 Å². The zero-order valence-corrected chi connectivity index (χ0v) is 13.7. The van der Waals surface area contributed by atoms with Gasteiger partial charge in [0, 0.05) is 17.0 Å². The van der Waals surface area contributed by atoms with Gasteiger partial charge in [0.05, 0.1) is 24.4 Å². The maximum absolute atomic E-state index is 12.2. The normalized spacial score (nSPS) is 19.4. The lowest BCUT2D eigenvalue weighted by Gasteiger charge is -2.22. The fraction of sp³-hybridized carbons (Fsp3) is 0.375. The van der Waals surface area contributed by atoms with Gasteiger partial charge in [-0.1, -0.05) is 19.9 Å². The van der Waals surface area contributed by atoms with Crippen LogP contribution in [-0.2, 0) is 20.7 Å². The molecule has 0 spiro atoms. The highest BCUT2D eigenvalue weighted by Crippen LogP contribution is 2.28. The highest BCUT2D eigenvalue weighted by atomic mass is 32.1. The third-order valence-corrected chi connectivity index (χ3v) is 4.60. The monoisotopic (exact) mass is 331 g/mol. The van der Waals surface area contributed by atoms with Crippen LogP contribution in [0.25, 0.3) is 10.7 Å². The van der Waals surface area contributed by atoms with E-state index in [1.807, 2.05) is 37.4 Å². The summed E-state index contributed by atoms with van der Waals surface area (Å²) in [7, 11) is 0. The van der Waals surface area contributed by atoms with E-state index in [1.165, 1.54) is 11.3 Å². The minimum Gasteiger partial charge on any atom is -0.463 e. The van der Waals surface area contributed by atoms with E-state index in [9.17, 15) is 9.59 Å². The van der Waals surface area contributed by atoms with E-state index in [0.717, 1.165) is 10.7 Å².